The van der Waals surface area contributed by atoms with E-state index in [1.807, 2.05) is 30.5 Å². The fourth-order valence-corrected chi connectivity index (χ4v) is 3.43. The lowest BCUT2D eigenvalue weighted by Crippen LogP contribution is -2.34. The zero-order valence-electron chi connectivity index (χ0n) is 13.8. The maximum atomic E-state index is 5.12. The van der Waals surface area contributed by atoms with Crippen molar-refractivity contribution in [3.05, 3.63) is 54.1 Å². The molecule has 1 saturated heterocycles. The van der Waals surface area contributed by atoms with Crippen LogP contribution in [0.1, 0.15) is 30.1 Å². The van der Waals surface area contributed by atoms with E-state index in [9.17, 15) is 0 Å². The number of nitrogens with zero attached hydrogens (tertiary/aromatic N) is 5. The number of likely N-dealkylation sites (tertiary alicyclic amines) is 1. The van der Waals surface area contributed by atoms with Crippen molar-refractivity contribution in [3.8, 4) is 5.88 Å². The molecule has 0 unspecified atom stereocenters. The summed E-state index contributed by atoms with van der Waals surface area (Å²) in [6.07, 6.45) is 6.29. The second-order valence-corrected chi connectivity index (χ2v) is 6.27. The van der Waals surface area contributed by atoms with Crippen LogP contribution in [0.15, 0.2) is 42.7 Å². The van der Waals surface area contributed by atoms with Gasteiger partial charge >= 0.3 is 0 Å². The van der Waals surface area contributed by atoms with E-state index in [2.05, 4.69) is 36.7 Å². The maximum Gasteiger partial charge on any atom is 0.212 e. The smallest absolute Gasteiger partial charge is 0.212 e. The standard InChI is InChI=1S/C18H21N5O/c1-24-17-8-7-14(11-19-17)12-22-9-4-5-15(13-22)18-21-20-16-6-2-3-10-23(16)18/h2-3,6-8,10-11,15H,4-5,9,12-13H2,1H3/t15-/m0/s1. The van der Waals surface area contributed by atoms with Gasteiger partial charge in [0.15, 0.2) is 5.65 Å². The Morgan fingerprint density at radius 3 is 3.00 bits per heavy atom. The average molecular weight is 323 g/mol. The van der Waals surface area contributed by atoms with E-state index in [1.54, 1.807) is 7.11 Å². The Bertz CT molecular complexity index is 814. The van der Waals surface area contributed by atoms with Crippen molar-refractivity contribution < 1.29 is 4.74 Å². The summed E-state index contributed by atoms with van der Waals surface area (Å²) in [7, 11) is 1.64. The van der Waals surface area contributed by atoms with Gasteiger partial charge in [0.1, 0.15) is 5.82 Å². The highest BCUT2D eigenvalue weighted by Gasteiger charge is 2.25. The van der Waals surface area contributed by atoms with Crippen molar-refractivity contribution in [1.29, 1.82) is 0 Å². The number of hydrogen-bond donors (Lipinski definition) is 0. The predicted octanol–water partition coefficient (Wildman–Crippen LogP) is 2.51. The topological polar surface area (TPSA) is 55.5 Å². The van der Waals surface area contributed by atoms with Crippen LogP contribution in [0.4, 0.5) is 0 Å². The summed E-state index contributed by atoms with van der Waals surface area (Å²) in [5.74, 6) is 2.15. The first-order valence-corrected chi connectivity index (χ1v) is 8.34. The van der Waals surface area contributed by atoms with Crippen LogP contribution < -0.4 is 4.74 Å². The number of aromatic nitrogens is 4. The van der Waals surface area contributed by atoms with Crippen molar-refractivity contribution in [2.75, 3.05) is 20.2 Å². The van der Waals surface area contributed by atoms with Gasteiger partial charge in [-0.25, -0.2) is 4.98 Å². The molecule has 24 heavy (non-hydrogen) atoms. The SMILES string of the molecule is COc1ccc(CN2CCC[C@H](c3nnc4ccccn34)C2)cn1. The van der Waals surface area contributed by atoms with Gasteiger partial charge in [-0.2, -0.15) is 0 Å². The molecule has 6 nitrogen and oxygen atoms in total. The van der Waals surface area contributed by atoms with E-state index >= 15 is 0 Å². The second kappa shape index (κ2) is 6.57. The highest BCUT2D eigenvalue weighted by Crippen LogP contribution is 2.27. The van der Waals surface area contributed by atoms with Gasteiger partial charge in [-0.1, -0.05) is 12.1 Å². The van der Waals surface area contributed by atoms with Crippen LogP contribution in [0.3, 0.4) is 0 Å². The molecule has 1 atom stereocenters. The first-order chi connectivity index (χ1) is 11.8. The minimum absolute atomic E-state index is 0.419. The van der Waals surface area contributed by atoms with Crippen molar-refractivity contribution in [2.24, 2.45) is 0 Å². The zero-order valence-corrected chi connectivity index (χ0v) is 13.8. The molecule has 1 fully saturated rings. The summed E-state index contributed by atoms with van der Waals surface area (Å²) in [5, 5.41) is 8.73. The number of hydrogen-bond acceptors (Lipinski definition) is 5. The predicted molar refractivity (Wildman–Crippen MR) is 91.0 cm³/mol. The Labute approximate surface area is 141 Å². The van der Waals surface area contributed by atoms with E-state index in [0.29, 0.717) is 11.8 Å². The summed E-state index contributed by atoms with van der Waals surface area (Å²) in [6.45, 7) is 3.02. The van der Waals surface area contributed by atoms with Gasteiger partial charge in [0.25, 0.3) is 0 Å². The van der Waals surface area contributed by atoms with E-state index in [0.717, 1.165) is 37.5 Å². The Morgan fingerprint density at radius 2 is 2.17 bits per heavy atom. The molecule has 0 spiro atoms. The largest absolute Gasteiger partial charge is 0.481 e. The van der Waals surface area contributed by atoms with E-state index in [-0.39, 0.29) is 0 Å². The van der Waals surface area contributed by atoms with Crippen LogP contribution in [0.5, 0.6) is 5.88 Å². The summed E-state index contributed by atoms with van der Waals surface area (Å²) in [6, 6.07) is 10.0. The van der Waals surface area contributed by atoms with Gasteiger partial charge in [0, 0.05) is 37.5 Å². The summed E-state index contributed by atoms with van der Waals surface area (Å²) < 4.78 is 7.24. The minimum Gasteiger partial charge on any atom is -0.481 e. The summed E-state index contributed by atoms with van der Waals surface area (Å²) in [5.41, 5.74) is 2.13. The van der Waals surface area contributed by atoms with Crippen LogP contribution in [-0.2, 0) is 6.54 Å². The third-order valence-corrected chi connectivity index (χ3v) is 4.62. The first kappa shape index (κ1) is 15.1. The molecule has 4 heterocycles. The molecule has 3 aromatic rings. The molecular weight excluding hydrogens is 302 g/mol. The van der Waals surface area contributed by atoms with Crippen LogP contribution in [0.25, 0.3) is 5.65 Å². The number of ether oxygens (including phenoxy) is 1. The monoisotopic (exact) mass is 323 g/mol. The number of pyridine rings is 2. The molecule has 6 heteroatoms. The Hall–Kier alpha value is -2.47. The Kier molecular flexibility index (Phi) is 4.13. The maximum absolute atomic E-state index is 5.12. The molecule has 0 radical (unpaired) electrons. The number of piperidine rings is 1. The van der Waals surface area contributed by atoms with Gasteiger partial charge in [-0.3, -0.25) is 9.30 Å². The molecule has 1 aliphatic rings. The molecule has 0 N–H and O–H groups in total. The first-order valence-electron chi connectivity index (χ1n) is 8.34. The third kappa shape index (κ3) is 2.97. The van der Waals surface area contributed by atoms with Gasteiger partial charge in [0.05, 0.1) is 7.11 Å². The third-order valence-electron chi connectivity index (χ3n) is 4.62. The zero-order chi connectivity index (χ0) is 16.4. The molecule has 0 aliphatic carbocycles. The van der Waals surface area contributed by atoms with Crippen molar-refractivity contribution in [1.82, 2.24) is 24.5 Å². The lowest BCUT2D eigenvalue weighted by Gasteiger charge is -2.31. The van der Waals surface area contributed by atoms with E-state index < -0.39 is 0 Å². The van der Waals surface area contributed by atoms with E-state index in [1.165, 1.54) is 12.0 Å². The van der Waals surface area contributed by atoms with Crippen LogP contribution in [0.2, 0.25) is 0 Å². The number of rotatable bonds is 4. The highest BCUT2D eigenvalue weighted by atomic mass is 16.5. The lowest BCUT2D eigenvalue weighted by molar-refractivity contribution is 0.196. The van der Waals surface area contributed by atoms with Gasteiger partial charge in [-0.05, 0) is 37.1 Å². The quantitative estimate of drug-likeness (QED) is 0.738. The summed E-state index contributed by atoms with van der Waals surface area (Å²) in [4.78, 5) is 6.77. The molecule has 0 saturated carbocycles. The van der Waals surface area contributed by atoms with Crippen molar-refractivity contribution in [3.63, 3.8) is 0 Å². The van der Waals surface area contributed by atoms with Gasteiger partial charge in [0.2, 0.25) is 5.88 Å². The fourth-order valence-electron chi connectivity index (χ4n) is 3.43. The van der Waals surface area contributed by atoms with Crippen LogP contribution in [-0.4, -0.2) is 44.7 Å². The van der Waals surface area contributed by atoms with E-state index in [4.69, 9.17) is 4.74 Å². The number of methoxy groups -OCH3 is 1. The van der Waals surface area contributed by atoms with Crippen LogP contribution >= 0.6 is 0 Å². The van der Waals surface area contributed by atoms with Crippen molar-refractivity contribution >= 4 is 5.65 Å². The van der Waals surface area contributed by atoms with Gasteiger partial charge < -0.3 is 4.74 Å². The molecule has 0 bridgehead atoms. The molecule has 0 amide bonds. The van der Waals surface area contributed by atoms with Gasteiger partial charge in [-0.15, -0.1) is 10.2 Å². The molecule has 3 aromatic heterocycles. The Balaban J connectivity index is 1.49. The second-order valence-electron chi connectivity index (χ2n) is 6.27. The minimum atomic E-state index is 0.419. The molecule has 4 rings (SSSR count). The molecule has 124 valence electrons. The van der Waals surface area contributed by atoms with Crippen molar-refractivity contribution in [2.45, 2.75) is 25.3 Å². The fraction of sp³-hybridized carbons (Fsp3) is 0.389. The van der Waals surface area contributed by atoms with Crippen LogP contribution in [0, 0.1) is 0 Å². The molecule has 0 aromatic carbocycles. The average Bonchev–Trinajstić information content (AvgIpc) is 3.07. The lowest BCUT2D eigenvalue weighted by atomic mass is 9.97. The number of fused-ring (bicyclic) bond motifs is 1. The summed E-state index contributed by atoms with van der Waals surface area (Å²) >= 11 is 0. The molecule has 1 aliphatic heterocycles. The molecular formula is C18H21N5O. The normalized spacial score (nSPS) is 18.8. The highest BCUT2D eigenvalue weighted by molar-refractivity contribution is 5.37. The Morgan fingerprint density at radius 1 is 1.21 bits per heavy atom.